The van der Waals surface area contributed by atoms with Crippen molar-refractivity contribution in [2.45, 2.75) is 14.4 Å². The minimum Gasteiger partial charge on any atom is -0.365 e. The van der Waals surface area contributed by atoms with Crippen molar-refractivity contribution < 1.29 is 0 Å². The molecule has 3 N–H and O–H groups in total. The van der Waals surface area contributed by atoms with Gasteiger partial charge in [-0.05, 0) is 36.6 Å². The number of fused-ring (bicyclic) bond motifs is 1. The lowest BCUT2D eigenvalue weighted by molar-refractivity contribution is 1.27. The minimum atomic E-state index is 0. The quantitative estimate of drug-likeness (QED) is 0.436. The second kappa shape index (κ2) is 9.20. The highest BCUT2D eigenvalue weighted by Crippen LogP contribution is 2.09. The maximum Gasteiger partial charge on any atom is 0.0919 e. The van der Waals surface area contributed by atoms with Gasteiger partial charge in [0.15, 0.2) is 0 Å². The van der Waals surface area contributed by atoms with Gasteiger partial charge in [-0.15, -0.1) is 0 Å². The number of aromatic nitrogens is 4. The second-order valence-electron chi connectivity index (χ2n) is 4.18. The third-order valence-electron chi connectivity index (χ3n) is 2.62. The van der Waals surface area contributed by atoms with Gasteiger partial charge in [-0.2, -0.15) is 0 Å². The number of nitrogens with zero attached hydrogens (tertiary/aromatic N) is 1. The van der Waals surface area contributed by atoms with Crippen LogP contribution in [0.25, 0.3) is 10.9 Å². The molecule has 0 fully saturated rings. The first-order valence-corrected chi connectivity index (χ1v) is 6.41. The summed E-state index contributed by atoms with van der Waals surface area (Å²) in [5.74, 6) is 0. The number of nitrogens with one attached hydrogen (secondary N) is 3. The Morgan fingerprint density at radius 3 is 2.19 bits per heavy atom. The van der Waals surface area contributed by atoms with Gasteiger partial charge < -0.3 is 15.0 Å². The Kier molecular flexibility index (Phi) is 7.14. The number of aryl methyl sites for hydroxylation is 1. The summed E-state index contributed by atoms with van der Waals surface area (Å²) < 4.78 is 0. The first kappa shape index (κ1) is 16.3. The molecule has 21 heavy (non-hydrogen) atoms. The van der Waals surface area contributed by atoms with Crippen molar-refractivity contribution >= 4 is 10.9 Å². The molecular weight excluding hydrogens is 260 g/mol. The fourth-order valence-electron chi connectivity index (χ4n) is 1.63. The third kappa shape index (κ3) is 5.82. The van der Waals surface area contributed by atoms with Crippen LogP contribution < -0.4 is 0 Å². The lowest BCUT2D eigenvalue weighted by Crippen LogP contribution is -1.61. The number of aromatic amines is 3. The monoisotopic (exact) mass is 282 g/mol. The molecule has 0 aliphatic carbocycles. The van der Waals surface area contributed by atoms with E-state index in [0.29, 0.717) is 0 Å². The molecule has 4 nitrogen and oxygen atoms in total. The Morgan fingerprint density at radius 2 is 1.71 bits per heavy atom. The molecular formula is C17H22N4. The van der Waals surface area contributed by atoms with E-state index in [9.17, 15) is 0 Å². The van der Waals surface area contributed by atoms with Crippen LogP contribution in [0, 0.1) is 6.92 Å². The molecule has 4 rings (SSSR count). The molecule has 0 radical (unpaired) electrons. The Hall–Kier alpha value is -2.75. The largest absolute Gasteiger partial charge is 0.365 e. The number of hydrogen-bond acceptors (Lipinski definition) is 1. The van der Waals surface area contributed by atoms with Crippen LogP contribution in [0.2, 0.25) is 0 Å². The highest BCUT2D eigenvalue weighted by Gasteiger charge is 1.86. The molecule has 0 bridgehead atoms. The van der Waals surface area contributed by atoms with Crippen LogP contribution in [0.4, 0.5) is 0 Å². The minimum absolute atomic E-state index is 0. The van der Waals surface area contributed by atoms with E-state index in [2.05, 4.69) is 38.1 Å². The van der Waals surface area contributed by atoms with Crippen LogP contribution in [0.3, 0.4) is 0 Å². The van der Waals surface area contributed by atoms with Gasteiger partial charge in [0.2, 0.25) is 0 Å². The van der Waals surface area contributed by atoms with Crippen molar-refractivity contribution in [1.29, 1.82) is 0 Å². The predicted octanol–water partition coefficient (Wildman–Crippen LogP) is 4.54. The van der Waals surface area contributed by atoms with Gasteiger partial charge in [-0.1, -0.05) is 25.6 Å². The zero-order valence-corrected chi connectivity index (χ0v) is 11.4. The molecule has 4 aromatic rings. The second-order valence-corrected chi connectivity index (χ2v) is 4.18. The summed E-state index contributed by atoms with van der Waals surface area (Å²) in [4.78, 5) is 12.5. The topological polar surface area (TPSA) is 60.3 Å². The van der Waals surface area contributed by atoms with E-state index in [0.717, 1.165) is 0 Å². The molecule has 0 aliphatic rings. The summed E-state index contributed by atoms with van der Waals surface area (Å²) in [5, 5.41) is 1.28. The molecule has 4 heteroatoms. The molecule has 0 unspecified atom stereocenters. The maximum atomic E-state index is 3.67. The summed E-state index contributed by atoms with van der Waals surface area (Å²) in [6.45, 7) is 2.03. The van der Waals surface area contributed by atoms with Crippen molar-refractivity contribution in [2.24, 2.45) is 0 Å². The molecule has 0 amide bonds. The standard InChI is InChI=1S/C8H7N.C5H7N.C3H4N2.CH4/c1-2-4-8-7(3-1)5-6-9-8;1-5-3-2-4-6-5;1-2-5-3-4-1;/h1-6,9H;2-4,6H,1H3;1-3H,(H,4,5);1H4. The van der Waals surface area contributed by atoms with E-state index >= 15 is 0 Å². The molecule has 1 aromatic carbocycles. The first-order chi connectivity index (χ1) is 9.86. The van der Waals surface area contributed by atoms with E-state index in [1.54, 1.807) is 18.7 Å². The number of imidazole rings is 1. The number of hydrogen-bond donors (Lipinski definition) is 3. The average molecular weight is 282 g/mol. The van der Waals surface area contributed by atoms with Gasteiger partial charge in [-0.3, -0.25) is 0 Å². The lowest BCUT2D eigenvalue weighted by atomic mass is 10.3. The number of para-hydroxylation sites is 1. The highest BCUT2D eigenvalue weighted by molar-refractivity contribution is 5.78. The summed E-state index contributed by atoms with van der Waals surface area (Å²) in [6.07, 6.45) is 8.94. The van der Waals surface area contributed by atoms with Crippen molar-refractivity contribution in [1.82, 2.24) is 19.9 Å². The first-order valence-electron chi connectivity index (χ1n) is 6.41. The van der Waals surface area contributed by atoms with Crippen molar-refractivity contribution in [3.8, 4) is 0 Å². The third-order valence-corrected chi connectivity index (χ3v) is 2.62. The number of benzene rings is 1. The summed E-state index contributed by atoms with van der Waals surface area (Å²) >= 11 is 0. The molecule has 3 heterocycles. The van der Waals surface area contributed by atoms with Crippen molar-refractivity contribution in [2.75, 3.05) is 0 Å². The zero-order valence-electron chi connectivity index (χ0n) is 11.4. The van der Waals surface area contributed by atoms with Gasteiger partial charge >= 0.3 is 0 Å². The molecule has 0 saturated heterocycles. The van der Waals surface area contributed by atoms with Crippen LogP contribution >= 0.6 is 0 Å². The molecule has 0 spiro atoms. The molecule has 110 valence electrons. The molecule has 3 aromatic heterocycles. The molecule has 0 aliphatic heterocycles. The Morgan fingerprint density at radius 1 is 0.857 bits per heavy atom. The highest BCUT2D eigenvalue weighted by atomic mass is 14.8. The fourth-order valence-corrected chi connectivity index (χ4v) is 1.63. The van der Waals surface area contributed by atoms with E-state index in [1.165, 1.54) is 16.6 Å². The Bertz CT molecular complexity index is 631. The predicted molar refractivity (Wildman–Crippen MR) is 89.1 cm³/mol. The van der Waals surface area contributed by atoms with Crippen molar-refractivity contribution in [3.05, 3.63) is 79.3 Å². The van der Waals surface area contributed by atoms with Crippen LogP contribution in [0.5, 0.6) is 0 Å². The summed E-state index contributed by atoms with van der Waals surface area (Å²) in [6, 6.07) is 14.3. The Labute approximate surface area is 125 Å². The molecule has 0 atom stereocenters. The Balaban J connectivity index is 0.000000162. The number of rotatable bonds is 0. The molecule has 0 saturated carbocycles. The lowest BCUT2D eigenvalue weighted by Gasteiger charge is -1.83. The van der Waals surface area contributed by atoms with Gasteiger partial charge in [-0.25, -0.2) is 4.98 Å². The van der Waals surface area contributed by atoms with Crippen LogP contribution in [-0.4, -0.2) is 19.9 Å². The normalized spacial score (nSPS) is 8.81. The summed E-state index contributed by atoms with van der Waals surface area (Å²) in [5.41, 5.74) is 2.42. The van der Waals surface area contributed by atoms with Crippen LogP contribution in [0.1, 0.15) is 13.1 Å². The van der Waals surface area contributed by atoms with E-state index in [1.807, 2.05) is 43.6 Å². The van der Waals surface area contributed by atoms with Gasteiger partial charge in [0.1, 0.15) is 0 Å². The van der Waals surface area contributed by atoms with Crippen molar-refractivity contribution in [3.63, 3.8) is 0 Å². The fraction of sp³-hybridized carbons (Fsp3) is 0.118. The smallest absolute Gasteiger partial charge is 0.0919 e. The SMILES string of the molecule is C.Cc1ccc[nH]1.c1c[nH]cn1.c1ccc2[nH]ccc2c1. The maximum absolute atomic E-state index is 3.67. The average Bonchev–Trinajstić information content (AvgIpc) is 3.24. The summed E-state index contributed by atoms with van der Waals surface area (Å²) in [7, 11) is 0. The van der Waals surface area contributed by atoms with Gasteiger partial charge in [0, 0.05) is 36.0 Å². The van der Waals surface area contributed by atoms with E-state index in [4.69, 9.17) is 0 Å². The van der Waals surface area contributed by atoms with E-state index in [-0.39, 0.29) is 7.43 Å². The van der Waals surface area contributed by atoms with Gasteiger partial charge in [0.05, 0.1) is 6.33 Å². The van der Waals surface area contributed by atoms with Crippen LogP contribution in [-0.2, 0) is 0 Å². The number of H-pyrrole nitrogens is 3. The van der Waals surface area contributed by atoms with Crippen LogP contribution in [0.15, 0.2) is 73.6 Å². The van der Waals surface area contributed by atoms with E-state index < -0.39 is 0 Å². The zero-order chi connectivity index (χ0) is 14.0. The van der Waals surface area contributed by atoms with Gasteiger partial charge in [0.25, 0.3) is 0 Å².